The monoisotopic (exact) mass is 427 g/mol. The van der Waals surface area contributed by atoms with Crippen molar-refractivity contribution in [3.05, 3.63) is 54.1 Å². The van der Waals surface area contributed by atoms with Crippen LogP contribution in [0.5, 0.6) is 11.5 Å². The van der Waals surface area contributed by atoms with Crippen LogP contribution in [0.25, 0.3) is 0 Å². The molecule has 2 aromatic carbocycles. The molecule has 9 heteroatoms. The maximum absolute atomic E-state index is 12.1. The lowest BCUT2D eigenvalue weighted by Gasteiger charge is -2.20. The second-order valence-corrected chi connectivity index (χ2v) is 6.91. The molecule has 31 heavy (non-hydrogen) atoms. The Balaban J connectivity index is 1.42. The summed E-state index contributed by atoms with van der Waals surface area (Å²) in [5.41, 5.74) is 3.78. The smallest absolute Gasteiger partial charge is 0.262 e. The molecule has 0 aromatic heterocycles. The molecule has 0 aliphatic carbocycles. The molecule has 1 heterocycles. The first-order valence-electron chi connectivity index (χ1n) is 9.73. The molecule has 0 bridgehead atoms. The van der Waals surface area contributed by atoms with Gasteiger partial charge in [-0.15, -0.1) is 0 Å². The number of amides is 2. The lowest BCUT2D eigenvalue weighted by atomic mass is 10.2. The molecule has 0 unspecified atom stereocenters. The number of anilines is 1. The van der Waals surface area contributed by atoms with Crippen LogP contribution in [0, 0.1) is 0 Å². The van der Waals surface area contributed by atoms with E-state index in [9.17, 15) is 9.59 Å². The Labute approximate surface area is 180 Å². The van der Waals surface area contributed by atoms with Gasteiger partial charge in [-0.1, -0.05) is 12.1 Å². The summed E-state index contributed by atoms with van der Waals surface area (Å²) >= 11 is 0. The number of benzene rings is 2. The highest BCUT2D eigenvalue weighted by molar-refractivity contribution is 5.93. The first-order chi connectivity index (χ1) is 15.0. The molecule has 2 amide bonds. The predicted octanol–water partition coefficient (Wildman–Crippen LogP) is 2.32. The van der Waals surface area contributed by atoms with Crippen LogP contribution in [-0.2, 0) is 19.1 Å². The molecule has 1 aliphatic heterocycles. The van der Waals surface area contributed by atoms with E-state index in [0.29, 0.717) is 30.4 Å². The standard InChI is InChI=1S/C22H25N3O6/c1-22(30-11-12-31-22)13-20(26)25-23-14-16-7-9-17(10-8-16)29-15-21(27)24-18-5-3-4-6-19(18)28-2/h3-10,14H,11-13,15H2,1-2H3,(H,24,27)(H,25,26)/b23-14-. The third-order valence-corrected chi connectivity index (χ3v) is 4.41. The first-order valence-corrected chi connectivity index (χ1v) is 9.73. The summed E-state index contributed by atoms with van der Waals surface area (Å²) < 4.78 is 21.5. The number of nitrogens with one attached hydrogen (secondary N) is 2. The van der Waals surface area contributed by atoms with Gasteiger partial charge in [0.1, 0.15) is 11.5 Å². The number of rotatable bonds is 9. The van der Waals surface area contributed by atoms with E-state index in [4.69, 9.17) is 18.9 Å². The number of carbonyl (C=O) groups is 2. The van der Waals surface area contributed by atoms with Gasteiger partial charge in [-0.3, -0.25) is 9.59 Å². The molecule has 3 rings (SSSR count). The molecule has 164 valence electrons. The minimum atomic E-state index is -0.892. The summed E-state index contributed by atoms with van der Waals surface area (Å²) in [6.07, 6.45) is 1.57. The van der Waals surface area contributed by atoms with Crippen LogP contribution in [-0.4, -0.2) is 50.7 Å². The quantitative estimate of drug-likeness (QED) is 0.470. The number of hydrazone groups is 1. The van der Waals surface area contributed by atoms with E-state index >= 15 is 0 Å². The number of carbonyl (C=O) groups excluding carboxylic acids is 2. The Morgan fingerprint density at radius 3 is 2.52 bits per heavy atom. The van der Waals surface area contributed by atoms with Gasteiger partial charge in [0.15, 0.2) is 12.4 Å². The van der Waals surface area contributed by atoms with Crippen LogP contribution in [0.1, 0.15) is 18.9 Å². The summed E-state index contributed by atoms with van der Waals surface area (Å²) in [4.78, 5) is 24.0. The second kappa shape index (κ2) is 10.6. The van der Waals surface area contributed by atoms with Crippen LogP contribution in [0.2, 0.25) is 0 Å². The Morgan fingerprint density at radius 1 is 1.10 bits per heavy atom. The highest BCUT2D eigenvalue weighted by Crippen LogP contribution is 2.23. The lowest BCUT2D eigenvalue weighted by Crippen LogP contribution is -2.33. The zero-order valence-electron chi connectivity index (χ0n) is 17.4. The second-order valence-electron chi connectivity index (χ2n) is 6.91. The van der Waals surface area contributed by atoms with Gasteiger partial charge in [-0.2, -0.15) is 5.10 Å². The SMILES string of the molecule is COc1ccccc1NC(=O)COc1ccc(/C=N\NC(=O)CC2(C)OCCO2)cc1. The molecule has 1 aliphatic rings. The van der Waals surface area contributed by atoms with Gasteiger partial charge in [0.25, 0.3) is 5.91 Å². The molecule has 1 fully saturated rings. The van der Waals surface area contributed by atoms with Crippen molar-refractivity contribution in [3.63, 3.8) is 0 Å². The number of hydrogen-bond donors (Lipinski definition) is 2. The van der Waals surface area contributed by atoms with Crippen molar-refractivity contribution in [2.75, 3.05) is 32.2 Å². The fourth-order valence-corrected chi connectivity index (χ4v) is 2.90. The molecule has 0 saturated carbocycles. The van der Waals surface area contributed by atoms with E-state index in [0.717, 1.165) is 5.56 Å². The minimum absolute atomic E-state index is 0.0635. The van der Waals surface area contributed by atoms with Crippen LogP contribution in [0.3, 0.4) is 0 Å². The predicted molar refractivity (Wildman–Crippen MR) is 114 cm³/mol. The largest absolute Gasteiger partial charge is 0.495 e. The van der Waals surface area contributed by atoms with Crippen molar-refractivity contribution in [2.45, 2.75) is 19.1 Å². The maximum Gasteiger partial charge on any atom is 0.262 e. The molecule has 0 spiro atoms. The topological polar surface area (TPSA) is 107 Å². The highest BCUT2D eigenvalue weighted by Gasteiger charge is 2.33. The first kappa shape index (κ1) is 22.3. The third-order valence-electron chi connectivity index (χ3n) is 4.41. The van der Waals surface area contributed by atoms with E-state index in [1.54, 1.807) is 49.4 Å². The summed E-state index contributed by atoms with van der Waals surface area (Å²) in [7, 11) is 1.54. The van der Waals surface area contributed by atoms with Crippen molar-refractivity contribution < 1.29 is 28.5 Å². The number of ether oxygens (including phenoxy) is 4. The van der Waals surface area contributed by atoms with Gasteiger partial charge < -0.3 is 24.3 Å². The van der Waals surface area contributed by atoms with E-state index < -0.39 is 5.79 Å². The zero-order valence-corrected chi connectivity index (χ0v) is 17.4. The van der Waals surface area contributed by atoms with Gasteiger partial charge in [-0.05, 0) is 48.9 Å². The van der Waals surface area contributed by atoms with E-state index in [-0.39, 0.29) is 24.8 Å². The van der Waals surface area contributed by atoms with E-state index in [1.807, 2.05) is 6.07 Å². The van der Waals surface area contributed by atoms with Gasteiger partial charge in [0.05, 0.1) is 38.6 Å². The van der Waals surface area contributed by atoms with Gasteiger partial charge in [-0.25, -0.2) is 5.43 Å². The summed E-state index contributed by atoms with van der Waals surface area (Å²) in [6.45, 7) is 2.52. The highest BCUT2D eigenvalue weighted by atomic mass is 16.7. The summed E-state index contributed by atoms with van der Waals surface area (Å²) in [6, 6.07) is 14.1. The molecule has 2 aromatic rings. The molecule has 0 radical (unpaired) electrons. The summed E-state index contributed by atoms with van der Waals surface area (Å²) in [5.74, 6) is -0.400. The number of hydrogen-bond acceptors (Lipinski definition) is 7. The molecule has 0 atom stereocenters. The summed E-state index contributed by atoms with van der Waals surface area (Å²) in [5, 5.41) is 6.67. The fourth-order valence-electron chi connectivity index (χ4n) is 2.90. The molecular formula is C22H25N3O6. The van der Waals surface area contributed by atoms with Crippen molar-refractivity contribution in [1.29, 1.82) is 0 Å². The normalized spacial score (nSPS) is 14.9. The van der Waals surface area contributed by atoms with Gasteiger partial charge >= 0.3 is 0 Å². The zero-order chi connectivity index (χ0) is 22.1. The Bertz CT molecular complexity index is 923. The Hall–Kier alpha value is -3.43. The average molecular weight is 427 g/mol. The Morgan fingerprint density at radius 2 is 1.81 bits per heavy atom. The molecule has 2 N–H and O–H groups in total. The van der Waals surface area contributed by atoms with Crippen molar-refractivity contribution in [3.8, 4) is 11.5 Å². The van der Waals surface area contributed by atoms with Crippen LogP contribution in [0.4, 0.5) is 5.69 Å². The maximum atomic E-state index is 12.1. The number of nitrogens with zero attached hydrogens (tertiary/aromatic N) is 1. The van der Waals surface area contributed by atoms with Gasteiger partial charge in [0.2, 0.25) is 5.91 Å². The number of methoxy groups -OCH3 is 1. The molecule has 1 saturated heterocycles. The van der Waals surface area contributed by atoms with E-state index in [1.165, 1.54) is 13.3 Å². The van der Waals surface area contributed by atoms with Crippen molar-refractivity contribution in [1.82, 2.24) is 5.43 Å². The third kappa shape index (κ3) is 6.80. The molecule has 9 nitrogen and oxygen atoms in total. The van der Waals surface area contributed by atoms with Crippen molar-refractivity contribution >= 4 is 23.7 Å². The number of para-hydroxylation sites is 2. The van der Waals surface area contributed by atoms with Crippen LogP contribution < -0.4 is 20.2 Å². The van der Waals surface area contributed by atoms with E-state index in [2.05, 4.69) is 15.8 Å². The Kier molecular flexibility index (Phi) is 7.58. The van der Waals surface area contributed by atoms with Crippen LogP contribution in [0.15, 0.2) is 53.6 Å². The van der Waals surface area contributed by atoms with Crippen LogP contribution >= 0.6 is 0 Å². The van der Waals surface area contributed by atoms with Gasteiger partial charge in [0, 0.05) is 0 Å². The molecular weight excluding hydrogens is 402 g/mol. The fraction of sp³-hybridized carbons (Fsp3) is 0.318. The average Bonchev–Trinajstić information content (AvgIpc) is 3.19. The van der Waals surface area contributed by atoms with Crippen molar-refractivity contribution in [2.24, 2.45) is 5.10 Å². The lowest BCUT2D eigenvalue weighted by molar-refractivity contribution is -0.159. The minimum Gasteiger partial charge on any atom is -0.495 e.